The first kappa shape index (κ1) is 13.0. The third kappa shape index (κ3) is 2.62. The number of ether oxygens (including phenoxy) is 1. The second kappa shape index (κ2) is 5.53. The SMILES string of the molecule is COc1ccc2c(c1)CC(Nc1ccccc1F)CC2. The van der Waals surface area contributed by atoms with E-state index in [-0.39, 0.29) is 11.9 Å². The van der Waals surface area contributed by atoms with E-state index in [1.54, 1.807) is 19.2 Å². The van der Waals surface area contributed by atoms with Crippen LogP contribution in [0.25, 0.3) is 0 Å². The third-order valence-electron chi connectivity index (χ3n) is 3.88. The van der Waals surface area contributed by atoms with Gasteiger partial charge in [0.25, 0.3) is 0 Å². The highest BCUT2D eigenvalue weighted by molar-refractivity contribution is 5.47. The van der Waals surface area contributed by atoms with Crippen LogP contribution in [0.3, 0.4) is 0 Å². The second-order valence-corrected chi connectivity index (χ2v) is 5.20. The number of halogens is 1. The molecule has 2 aromatic rings. The number of fused-ring (bicyclic) bond motifs is 1. The molecule has 0 amide bonds. The lowest BCUT2D eigenvalue weighted by atomic mass is 9.88. The smallest absolute Gasteiger partial charge is 0.146 e. The first-order valence-corrected chi connectivity index (χ1v) is 6.93. The minimum Gasteiger partial charge on any atom is -0.497 e. The van der Waals surface area contributed by atoms with Crippen LogP contribution in [0.15, 0.2) is 42.5 Å². The van der Waals surface area contributed by atoms with Gasteiger partial charge in [-0.2, -0.15) is 0 Å². The molecular formula is C17H18FNO. The highest BCUT2D eigenvalue weighted by Crippen LogP contribution is 2.27. The first-order chi connectivity index (χ1) is 9.76. The van der Waals surface area contributed by atoms with Crippen LogP contribution in [0, 0.1) is 5.82 Å². The first-order valence-electron chi connectivity index (χ1n) is 6.93. The summed E-state index contributed by atoms with van der Waals surface area (Å²) in [7, 11) is 1.68. The topological polar surface area (TPSA) is 21.3 Å². The monoisotopic (exact) mass is 271 g/mol. The molecule has 0 saturated heterocycles. The van der Waals surface area contributed by atoms with E-state index in [2.05, 4.69) is 17.4 Å². The Morgan fingerprint density at radius 3 is 2.80 bits per heavy atom. The summed E-state index contributed by atoms with van der Waals surface area (Å²) in [6.07, 6.45) is 2.94. The Morgan fingerprint density at radius 1 is 1.15 bits per heavy atom. The van der Waals surface area contributed by atoms with Crippen molar-refractivity contribution < 1.29 is 9.13 Å². The molecule has 2 nitrogen and oxygen atoms in total. The molecule has 3 rings (SSSR count). The van der Waals surface area contributed by atoms with Gasteiger partial charge in [0.1, 0.15) is 11.6 Å². The predicted molar refractivity (Wildman–Crippen MR) is 78.8 cm³/mol. The summed E-state index contributed by atoms with van der Waals surface area (Å²) in [6.45, 7) is 0. The van der Waals surface area contributed by atoms with Crippen LogP contribution >= 0.6 is 0 Å². The number of hydrogen-bond acceptors (Lipinski definition) is 2. The Kier molecular flexibility index (Phi) is 3.59. The molecule has 0 aromatic heterocycles. The number of nitrogens with one attached hydrogen (secondary N) is 1. The molecule has 0 heterocycles. The molecule has 1 N–H and O–H groups in total. The Balaban J connectivity index is 1.76. The van der Waals surface area contributed by atoms with Crippen molar-refractivity contribution in [2.24, 2.45) is 0 Å². The van der Waals surface area contributed by atoms with Gasteiger partial charge in [-0.15, -0.1) is 0 Å². The van der Waals surface area contributed by atoms with Gasteiger partial charge in [-0.05, 0) is 54.7 Å². The molecule has 20 heavy (non-hydrogen) atoms. The maximum atomic E-state index is 13.7. The number of methoxy groups -OCH3 is 1. The Morgan fingerprint density at radius 2 is 2.00 bits per heavy atom. The largest absolute Gasteiger partial charge is 0.497 e. The molecule has 1 aliphatic rings. The predicted octanol–water partition coefficient (Wildman–Crippen LogP) is 3.80. The Bertz CT molecular complexity index is 612. The average molecular weight is 271 g/mol. The summed E-state index contributed by atoms with van der Waals surface area (Å²) in [5, 5.41) is 3.31. The van der Waals surface area contributed by atoms with Crippen LogP contribution in [-0.4, -0.2) is 13.2 Å². The van der Waals surface area contributed by atoms with Crippen molar-refractivity contribution in [3.05, 3.63) is 59.4 Å². The molecule has 1 unspecified atom stereocenters. The van der Waals surface area contributed by atoms with Gasteiger partial charge in [-0.25, -0.2) is 4.39 Å². The summed E-state index contributed by atoms with van der Waals surface area (Å²) >= 11 is 0. The van der Waals surface area contributed by atoms with E-state index in [1.165, 1.54) is 17.2 Å². The van der Waals surface area contributed by atoms with Crippen LogP contribution < -0.4 is 10.1 Å². The van der Waals surface area contributed by atoms with E-state index in [4.69, 9.17) is 4.74 Å². The number of hydrogen-bond donors (Lipinski definition) is 1. The van der Waals surface area contributed by atoms with Crippen molar-refractivity contribution in [1.29, 1.82) is 0 Å². The highest BCUT2D eigenvalue weighted by Gasteiger charge is 2.19. The lowest BCUT2D eigenvalue weighted by Crippen LogP contribution is -2.27. The number of aryl methyl sites for hydroxylation is 1. The van der Waals surface area contributed by atoms with E-state index in [0.717, 1.165) is 25.0 Å². The number of rotatable bonds is 3. The minimum atomic E-state index is -0.191. The standard InChI is InChI=1S/C17H18FNO/c1-20-15-9-7-12-6-8-14(10-13(12)11-15)19-17-5-3-2-4-16(17)18/h2-5,7,9,11,14,19H,6,8,10H2,1H3. The van der Waals surface area contributed by atoms with Crippen molar-refractivity contribution in [3.63, 3.8) is 0 Å². The Labute approximate surface area is 118 Å². The second-order valence-electron chi connectivity index (χ2n) is 5.20. The third-order valence-corrected chi connectivity index (χ3v) is 3.88. The van der Waals surface area contributed by atoms with E-state index in [0.29, 0.717) is 5.69 Å². The van der Waals surface area contributed by atoms with Gasteiger partial charge < -0.3 is 10.1 Å². The zero-order chi connectivity index (χ0) is 13.9. The van der Waals surface area contributed by atoms with Crippen LogP contribution in [0.5, 0.6) is 5.75 Å². The zero-order valence-corrected chi connectivity index (χ0v) is 11.5. The van der Waals surface area contributed by atoms with Crippen molar-refractivity contribution in [3.8, 4) is 5.75 Å². The maximum absolute atomic E-state index is 13.7. The van der Waals surface area contributed by atoms with Gasteiger partial charge in [-0.3, -0.25) is 0 Å². The minimum absolute atomic E-state index is 0.191. The van der Waals surface area contributed by atoms with Gasteiger partial charge in [0.15, 0.2) is 0 Å². The molecule has 0 radical (unpaired) electrons. The average Bonchev–Trinajstić information content (AvgIpc) is 2.49. The van der Waals surface area contributed by atoms with Crippen molar-refractivity contribution in [2.45, 2.75) is 25.3 Å². The molecule has 0 bridgehead atoms. The van der Waals surface area contributed by atoms with E-state index >= 15 is 0 Å². The van der Waals surface area contributed by atoms with E-state index in [1.807, 2.05) is 12.1 Å². The van der Waals surface area contributed by atoms with Gasteiger partial charge in [0.2, 0.25) is 0 Å². The molecule has 0 aliphatic heterocycles. The fourth-order valence-electron chi connectivity index (χ4n) is 2.78. The number of anilines is 1. The quantitative estimate of drug-likeness (QED) is 0.916. The molecular weight excluding hydrogens is 253 g/mol. The number of benzene rings is 2. The summed E-state index contributed by atoms with van der Waals surface area (Å²) in [5.41, 5.74) is 3.26. The zero-order valence-electron chi connectivity index (χ0n) is 11.5. The summed E-state index contributed by atoms with van der Waals surface area (Å²) in [4.78, 5) is 0. The fourth-order valence-corrected chi connectivity index (χ4v) is 2.78. The molecule has 104 valence electrons. The molecule has 3 heteroatoms. The van der Waals surface area contributed by atoms with Crippen molar-refractivity contribution >= 4 is 5.69 Å². The van der Waals surface area contributed by atoms with Crippen molar-refractivity contribution in [2.75, 3.05) is 12.4 Å². The van der Waals surface area contributed by atoms with Gasteiger partial charge >= 0.3 is 0 Å². The normalized spacial score (nSPS) is 17.4. The van der Waals surface area contributed by atoms with E-state index < -0.39 is 0 Å². The van der Waals surface area contributed by atoms with Crippen LogP contribution in [0.4, 0.5) is 10.1 Å². The number of para-hydroxylation sites is 1. The van der Waals surface area contributed by atoms with Gasteiger partial charge in [-0.1, -0.05) is 18.2 Å². The van der Waals surface area contributed by atoms with E-state index in [9.17, 15) is 4.39 Å². The lowest BCUT2D eigenvalue weighted by molar-refractivity contribution is 0.413. The molecule has 0 saturated carbocycles. The Hall–Kier alpha value is -2.03. The lowest BCUT2D eigenvalue weighted by Gasteiger charge is -2.26. The summed E-state index contributed by atoms with van der Waals surface area (Å²) < 4.78 is 18.9. The van der Waals surface area contributed by atoms with Crippen LogP contribution in [0.2, 0.25) is 0 Å². The van der Waals surface area contributed by atoms with Crippen LogP contribution in [-0.2, 0) is 12.8 Å². The van der Waals surface area contributed by atoms with Crippen molar-refractivity contribution in [1.82, 2.24) is 0 Å². The maximum Gasteiger partial charge on any atom is 0.146 e. The summed E-state index contributed by atoms with van der Waals surface area (Å²) in [5.74, 6) is 0.694. The summed E-state index contributed by atoms with van der Waals surface area (Å²) in [6, 6.07) is 13.3. The highest BCUT2D eigenvalue weighted by atomic mass is 19.1. The molecule has 0 fully saturated rings. The molecule has 0 spiro atoms. The molecule has 1 aliphatic carbocycles. The molecule has 1 atom stereocenters. The van der Waals surface area contributed by atoms with Gasteiger partial charge in [0.05, 0.1) is 12.8 Å². The van der Waals surface area contributed by atoms with Crippen LogP contribution in [0.1, 0.15) is 17.5 Å². The fraction of sp³-hybridized carbons (Fsp3) is 0.294. The van der Waals surface area contributed by atoms with Gasteiger partial charge in [0, 0.05) is 6.04 Å². The molecule has 2 aromatic carbocycles.